The van der Waals surface area contributed by atoms with Gasteiger partial charge in [0, 0.05) is 50.4 Å². The molecule has 3 rings (SSSR count). The molecule has 7 nitrogen and oxygen atoms in total. The van der Waals surface area contributed by atoms with Gasteiger partial charge in [0.15, 0.2) is 0 Å². The molecule has 9 heteroatoms. The Labute approximate surface area is 160 Å². The Morgan fingerprint density at radius 2 is 2.08 bits per heavy atom. The third-order valence-electron chi connectivity index (χ3n) is 4.08. The Bertz CT molecular complexity index is 524. The van der Waals surface area contributed by atoms with Crippen molar-refractivity contribution in [3.05, 3.63) is 23.9 Å². The molecule has 3 heterocycles. The van der Waals surface area contributed by atoms with Crippen LogP contribution in [0.2, 0.25) is 0 Å². The van der Waals surface area contributed by atoms with Gasteiger partial charge in [-0.3, -0.25) is 4.79 Å². The zero-order valence-corrected chi connectivity index (χ0v) is 15.7. The van der Waals surface area contributed by atoms with Crippen molar-refractivity contribution in [2.24, 2.45) is 0 Å². The second kappa shape index (κ2) is 11.5. The van der Waals surface area contributed by atoms with Gasteiger partial charge in [0.25, 0.3) is 0 Å². The number of nitrogens with one attached hydrogen (secondary N) is 2. The molecule has 2 fully saturated rings. The van der Waals surface area contributed by atoms with E-state index in [1.165, 1.54) is 0 Å². The number of nitrogens with zero attached hydrogens (tertiary/aromatic N) is 2. The number of rotatable bonds is 5. The number of hydrogen-bond acceptors (Lipinski definition) is 6. The highest BCUT2D eigenvalue weighted by atomic mass is 35.5. The summed E-state index contributed by atoms with van der Waals surface area (Å²) in [5.74, 6) is 0.972. The Morgan fingerprint density at radius 3 is 2.80 bits per heavy atom. The van der Waals surface area contributed by atoms with E-state index in [-0.39, 0.29) is 36.8 Å². The number of amides is 1. The SMILES string of the molecule is Cl.Cl.O=C(CC1COCCN1)NCc1cccnc1N1CCOCC1. The fourth-order valence-electron chi connectivity index (χ4n) is 2.87. The van der Waals surface area contributed by atoms with E-state index in [1.54, 1.807) is 6.20 Å². The van der Waals surface area contributed by atoms with Crippen molar-refractivity contribution in [3.8, 4) is 0 Å². The minimum atomic E-state index is 0. The van der Waals surface area contributed by atoms with Gasteiger partial charge in [0.1, 0.15) is 5.82 Å². The number of anilines is 1. The number of hydrogen-bond donors (Lipinski definition) is 2. The van der Waals surface area contributed by atoms with Crippen molar-refractivity contribution < 1.29 is 14.3 Å². The number of halogens is 2. The van der Waals surface area contributed by atoms with Crippen LogP contribution in [-0.4, -0.2) is 63.0 Å². The van der Waals surface area contributed by atoms with Gasteiger partial charge >= 0.3 is 0 Å². The van der Waals surface area contributed by atoms with Crippen molar-refractivity contribution in [1.29, 1.82) is 0 Å². The van der Waals surface area contributed by atoms with Crippen LogP contribution in [0.3, 0.4) is 0 Å². The van der Waals surface area contributed by atoms with Crippen LogP contribution in [0.1, 0.15) is 12.0 Å². The van der Waals surface area contributed by atoms with Crippen LogP contribution in [-0.2, 0) is 20.8 Å². The van der Waals surface area contributed by atoms with Crippen molar-refractivity contribution in [3.63, 3.8) is 0 Å². The maximum atomic E-state index is 12.1. The van der Waals surface area contributed by atoms with Gasteiger partial charge < -0.3 is 25.0 Å². The van der Waals surface area contributed by atoms with E-state index >= 15 is 0 Å². The zero-order valence-electron chi connectivity index (χ0n) is 14.1. The molecular formula is C16H26Cl2N4O3. The summed E-state index contributed by atoms with van der Waals surface area (Å²) in [6, 6.07) is 4.03. The zero-order chi connectivity index (χ0) is 15.9. The summed E-state index contributed by atoms with van der Waals surface area (Å²) in [5, 5.41) is 6.28. The normalized spacial score (nSPS) is 20.2. The van der Waals surface area contributed by atoms with Crippen LogP contribution in [0, 0.1) is 0 Å². The van der Waals surface area contributed by atoms with Gasteiger partial charge in [0.05, 0.1) is 26.4 Å². The van der Waals surface area contributed by atoms with E-state index in [1.807, 2.05) is 12.1 Å². The van der Waals surface area contributed by atoms with Gasteiger partial charge in [0.2, 0.25) is 5.91 Å². The standard InChI is InChI=1S/C16H24N4O3.2ClH/c21-15(10-14-12-23-7-4-17-14)19-11-13-2-1-3-18-16(13)20-5-8-22-9-6-20;;/h1-3,14,17H,4-12H2,(H,19,21);2*1H. The predicted molar refractivity (Wildman–Crippen MR) is 101 cm³/mol. The fourth-order valence-corrected chi connectivity index (χ4v) is 2.87. The van der Waals surface area contributed by atoms with Gasteiger partial charge in [-0.15, -0.1) is 24.8 Å². The monoisotopic (exact) mass is 392 g/mol. The summed E-state index contributed by atoms with van der Waals surface area (Å²) in [6.07, 6.45) is 2.23. The molecule has 0 aromatic carbocycles. The molecule has 1 amide bonds. The number of ether oxygens (including phenoxy) is 2. The summed E-state index contributed by atoms with van der Waals surface area (Å²) in [5.41, 5.74) is 1.04. The fraction of sp³-hybridized carbons (Fsp3) is 0.625. The summed E-state index contributed by atoms with van der Waals surface area (Å²) in [4.78, 5) is 18.8. The molecule has 0 spiro atoms. The van der Waals surface area contributed by atoms with E-state index in [2.05, 4.69) is 20.5 Å². The Morgan fingerprint density at radius 1 is 1.28 bits per heavy atom. The molecule has 2 saturated heterocycles. The van der Waals surface area contributed by atoms with Gasteiger partial charge in [-0.2, -0.15) is 0 Å². The molecule has 2 aliphatic heterocycles. The summed E-state index contributed by atoms with van der Waals surface area (Å²) in [6.45, 7) is 5.72. The lowest BCUT2D eigenvalue weighted by atomic mass is 10.2. The van der Waals surface area contributed by atoms with Crippen LogP contribution < -0.4 is 15.5 Å². The topological polar surface area (TPSA) is 75.7 Å². The molecule has 2 aliphatic rings. The second-order valence-electron chi connectivity index (χ2n) is 5.79. The summed E-state index contributed by atoms with van der Waals surface area (Å²) in [7, 11) is 0. The van der Waals surface area contributed by atoms with Crippen LogP contribution in [0.4, 0.5) is 5.82 Å². The third kappa shape index (κ3) is 6.60. The molecule has 1 unspecified atom stereocenters. The molecule has 0 aliphatic carbocycles. The molecule has 1 atom stereocenters. The van der Waals surface area contributed by atoms with Gasteiger partial charge in [-0.05, 0) is 6.07 Å². The quantitative estimate of drug-likeness (QED) is 0.770. The van der Waals surface area contributed by atoms with Crippen LogP contribution in [0.5, 0.6) is 0 Å². The van der Waals surface area contributed by atoms with E-state index in [0.717, 1.165) is 50.8 Å². The highest BCUT2D eigenvalue weighted by molar-refractivity contribution is 5.85. The predicted octanol–water partition coefficient (Wildman–Crippen LogP) is 0.757. The highest BCUT2D eigenvalue weighted by Gasteiger charge is 2.18. The van der Waals surface area contributed by atoms with Crippen LogP contribution in [0.25, 0.3) is 0 Å². The van der Waals surface area contributed by atoms with E-state index in [0.29, 0.717) is 19.6 Å². The molecule has 1 aromatic rings. The summed E-state index contributed by atoms with van der Waals surface area (Å²) >= 11 is 0. The first kappa shape index (κ1) is 21.9. The summed E-state index contributed by atoms with van der Waals surface area (Å²) < 4.78 is 10.8. The van der Waals surface area contributed by atoms with E-state index in [4.69, 9.17) is 9.47 Å². The average molecular weight is 393 g/mol. The lowest BCUT2D eigenvalue weighted by Gasteiger charge is -2.29. The Hall–Kier alpha value is -1.12. The second-order valence-corrected chi connectivity index (χ2v) is 5.79. The maximum Gasteiger partial charge on any atom is 0.221 e. The molecular weight excluding hydrogens is 367 g/mol. The lowest BCUT2D eigenvalue weighted by molar-refractivity contribution is -0.122. The first-order valence-electron chi connectivity index (χ1n) is 8.17. The first-order chi connectivity index (χ1) is 11.3. The minimum Gasteiger partial charge on any atom is -0.378 e. The molecule has 1 aromatic heterocycles. The Kier molecular flexibility index (Phi) is 10.1. The smallest absolute Gasteiger partial charge is 0.221 e. The molecule has 0 bridgehead atoms. The largest absolute Gasteiger partial charge is 0.378 e. The molecule has 0 saturated carbocycles. The average Bonchev–Trinajstić information content (AvgIpc) is 2.62. The first-order valence-corrected chi connectivity index (χ1v) is 8.17. The number of carbonyl (C=O) groups is 1. The van der Waals surface area contributed by atoms with Gasteiger partial charge in [-0.1, -0.05) is 6.07 Å². The van der Waals surface area contributed by atoms with E-state index in [9.17, 15) is 4.79 Å². The third-order valence-corrected chi connectivity index (χ3v) is 4.08. The molecule has 25 heavy (non-hydrogen) atoms. The maximum absolute atomic E-state index is 12.1. The van der Waals surface area contributed by atoms with Crippen molar-refractivity contribution >= 4 is 36.5 Å². The van der Waals surface area contributed by atoms with Crippen LogP contribution in [0.15, 0.2) is 18.3 Å². The number of morpholine rings is 2. The number of carbonyl (C=O) groups excluding carboxylic acids is 1. The highest BCUT2D eigenvalue weighted by Crippen LogP contribution is 2.18. The lowest BCUT2D eigenvalue weighted by Crippen LogP contribution is -2.44. The van der Waals surface area contributed by atoms with Crippen LogP contribution >= 0.6 is 24.8 Å². The minimum absolute atomic E-state index is 0. The van der Waals surface area contributed by atoms with Crippen molar-refractivity contribution in [2.75, 3.05) is 51.0 Å². The van der Waals surface area contributed by atoms with Gasteiger partial charge in [-0.25, -0.2) is 4.98 Å². The molecule has 2 N–H and O–H groups in total. The number of aromatic nitrogens is 1. The van der Waals surface area contributed by atoms with E-state index < -0.39 is 0 Å². The Balaban J connectivity index is 0.00000156. The molecule has 0 radical (unpaired) electrons. The number of pyridine rings is 1. The van der Waals surface area contributed by atoms with Crippen molar-refractivity contribution in [2.45, 2.75) is 19.0 Å². The van der Waals surface area contributed by atoms with Crippen molar-refractivity contribution in [1.82, 2.24) is 15.6 Å². The molecule has 142 valence electrons.